The van der Waals surface area contributed by atoms with Crippen molar-refractivity contribution in [3.05, 3.63) is 90.0 Å². The molecule has 4 rings (SSSR count). The lowest BCUT2D eigenvalue weighted by Gasteiger charge is -2.21. The number of hydrogen-bond acceptors (Lipinski definition) is 5. The number of fused-ring (bicyclic) bond motifs is 1. The van der Waals surface area contributed by atoms with Crippen molar-refractivity contribution in [2.24, 2.45) is 0 Å². The van der Waals surface area contributed by atoms with E-state index in [4.69, 9.17) is 9.47 Å². The molecule has 3 aromatic carbocycles. The number of rotatable bonds is 3. The molecule has 2 amide bonds. The largest absolute Gasteiger partial charge is 0.426 e. The fourth-order valence-electron chi connectivity index (χ4n) is 3.47. The molecule has 0 spiro atoms. The van der Waals surface area contributed by atoms with Crippen LogP contribution in [0.15, 0.2) is 78.9 Å². The average molecular weight is 455 g/mol. The molecule has 33 heavy (non-hydrogen) atoms. The summed E-state index contributed by atoms with van der Waals surface area (Å²) in [6, 6.07) is 17.7. The van der Waals surface area contributed by atoms with Crippen LogP contribution in [0.1, 0.15) is 18.1 Å². The number of halogens is 3. The summed E-state index contributed by atoms with van der Waals surface area (Å²) in [5.41, 5.74) is -2.40. The average Bonchev–Trinajstić information content (AvgIpc) is 3.02. The van der Waals surface area contributed by atoms with E-state index in [0.29, 0.717) is 4.90 Å². The molecule has 0 bridgehead atoms. The van der Waals surface area contributed by atoms with Gasteiger partial charge in [-0.2, -0.15) is 13.2 Å². The van der Waals surface area contributed by atoms with E-state index in [2.05, 4.69) is 0 Å². The highest BCUT2D eigenvalue weighted by atomic mass is 19.4. The van der Waals surface area contributed by atoms with Crippen LogP contribution in [-0.2, 0) is 21.2 Å². The van der Waals surface area contributed by atoms with Crippen molar-refractivity contribution in [1.82, 2.24) is 0 Å². The van der Waals surface area contributed by atoms with Crippen molar-refractivity contribution in [1.29, 1.82) is 0 Å². The van der Waals surface area contributed by atoms with Crippen LogP contribution in [0.5, 0.6) is 11.5 Å². The Kier molecular flexibility index (Phi) is 5.41. The maximum atomic E-state index is 13.3. The Labute approximate surface area is 186 Å². The van der Waals surface area contributed by atoms with Gasteiger partial charge in [-0.15, -0.1) is 0 Å². The summed E-state index contributed by atoms with van der Waals surface area (Å²) in [7, 11) is 0. The predicted molar refractivity (Wildman–Crippen MR) is 111 cm³/mol. The van der Waals surface area contributed by atoms with E-state index in [1.165, 1.54) is 19.1 Å². The molecule has 3 aromatic rings. The number of carbonyl (C=O) groups excluding carboxylic acids is 3. The quantitative estimate of drug-likeness (QED) is 0.312. The summed E-state index contributed by atoms with van der Waals surface area (Å²) in [5.74, 6) is -1.77. The number of nitrogens with zero attached hydrogens (tertiary/aromatic N) is 1. The Hall–Kier alpha value is -4.14. The molecule has 1 atom stereocenters. The van der Waals surface area contributed by atoms with Gasteiger partial charge in [-0.3, -0.25) is 9.59 Å². The van der Waals surface area contributed by atoms with Crippen molar-refractivity contribution < 1.29 is 37.0 Å². The normalized spacial score (nSPS) is 17.5. The molecule has 9 heteroatoms. The summed E-state index contributed by atoms with van der Waals surface area (Å²) in [6.07, 6.45) is -5.71. The Morgan fingerprint density at radius 1 is 0.818 bits per heavy atom. The molecule has 0 radical (unpaired) electrons. The van der Waals surface area contributed by atoms with E-state index >= 15 is 0 Å². The van der Waals surface area contributed by atoms with Gasteiger partial charge in [-0.05, 0) is 49.4 Å². The highest BCUT2D eigenvalue weighted by molar-refractivity contribution is 6.28. The minimum Gasteiger partial charge on any atom is -0.425 e. The number of amides is 2. The lowest BCUT2D eigenvalue weighted by Crippen LogP contribution is -2.48. The molecular weight excluding hydrogens is 439 g/mol. The third-order valence-corrected chi connectivity index (χ3v) is 5.25. The smallest absolute Gasteiger partial charge is 0.425 e. The molecule has 0 aliphatic carbocycles. The molecule has 1 aliphatic rings. The predicted octanol–water partition coefficient (Wildman–Crippen LogP) is 5.11. The van der Waals surface area contributed by atoms with E-state index in [1.54, 1.807) is 42.5 Å². The molecule has 1 heterocycles. The molecule has 0 aromatic heterocycles. The maximum absolute atomic E-state index is 13.3. The Bertz CT molecular complexity index is 1220. The van der Waals surface area contributed by atoms with Crippen molar-refractivity contribution in [3.63, 3.8) is 0 Å². The zero-order chi connectivity index (χ0) is 23.8. The first-order chi connectivity index (χ1) is 15.6. The summed E-state index contributed by atoms with van der Waals surface area (Å²) in [4.78, 5) is 39.9. The van der Waals surface area contributed by atoms with E-state index < -0.39 is 35.1 Å². The maximum Gasteiger partial charge on any atom is 0.426 e. The second-order valence-electron chi connectivity index (χ2n) is 7.38. The molecular formula is C24H16F3NO5. The molecule has 1 aliphatic heterocycles. The number of anilines is 1. The Morgan fingerprint density at radius 2 is 1.39 bits per heavy atom. The summed E-state index contributed by atoms with van der Waals surface area (Å²) < 4.78 is 48.8. The molecule has 0 N–H and O–H groups in total. The lowest BCUT2D eigenvalue weighted by molar-refractivity contribution is -0.145. The summed E-state index contributed by atoms with van der Waals surface area (Å²) in [6.45, 7) is 1.34. The van der Waals surface area contributed by atoms with Crippen LogP contribution in [-0.4, -0.2) is 18.0 Å². The van der Waals surface area contributed by atoms with Crippen molar-refractivity contribution in [3.8, 4) is 11.5 Å². The van der Waals surface area contributed by atoms with Crippen LogP contribution in [0.4, 0.5) is 23.7 Å². The van der Waals surface area contributed by atoms with Crippen molar-refractivity contribution >= 4 is 23.7 Å². The number of ether oxygens (including phenoxy) is 2. The number of esters is 1. The third kappa shape index (κ3) is 3.93. The van der Waals surface area contributed by atoms with Crippen LogP contribution >= 0.6 is 0 Å². The lowest BCUT2D eigenvalue weighted by atomic mass is 9.84. The van der Waals surface area contributed by atoms with E-state index in [1.807, 2.05) is 0 Å². The van der Waals surface area contributed by atoms with Gasteiger partial charge >= 0.3 is 18.2 Å². The number of para-hydroxylation sites is 2. The SMILES string of the molecule is C[C@]1(C(=O)Oc2ccccc2)C(=O)N(C(=O)Oc2ccc(C(F)(F)F)cc2)c2ccccc21. The third-order valence-electron chi connectivity index (χ3n) is 5.25. The number of benzene rings is 3. The molecule has 0 fully saturated rings. The second-order valence-corrected chi connectivity index (χ2v) is 7.38. The van der Waals surface area contributed by atoms with Crippen LogP contribution in [0.2, 0.25) is 0 Å². The van der Waals surface area contributed by atoms with Gasteiger partial charge in [0.25, 0.3) is 5.91 Å². The first-order valence-corrected chi connectivity index (χ1v) is 9.73. The minimum absolute atomic E-state index is 0.118. The van der Waals surface area contributed by atoms with Gasteiger partial charge < -0.3 is 9.47 Å². The van der Waals surface area contributed by atoms with E-state index in [9.17, 15) is 27.6 Å². The van der Waals surface area contributed by atoms with Crippen LogP contribution < -0.4 is 14.4 Å². The highest BCUT2D eigenvalue weighted by Crippen LogP contribution is 2.43. The van der Waals surface area contributed by atoms with Crippen molar-refractivity contribution in [2.75, 3.05) is 4.90 Å². The number of hydrogen-bond donors (Lipinski definition) is 0. The fraction of sp³-hybridized carbons (Fsp3) is 0.125. The van der Waals surface area contributed by atoms with E-state index in [-0.39, 0.29) is 22.7 Å². The van der Waals surface area contributed by atoms with Crippen molar-refractivity contribution in [2.45, 2.75) is 18.5 Å². The molecule has 0 saturated carbocycles. The standard InChI is InChI=1S/C24H16F3NO5/c1-23(21(30)32-16-7-3-2-4-8-16)18-9-5-6-10-19(18)28(20(23)29)22(31)33-17-13-11-15(12-14-17)24(25,26)27/h2-14H,1H3/t23-/m1/s1. The van der Waals surface area contributed by atoms with Gasteiger partial charge in [0.2, 0.25) is 0 Å². The zero-order valence-corrected chi connectivity index (χ0v) is 17.1. The van der Waals surface area contributed by atoms with Crippen LogP contribution in [0, 0.1) is 0 Å². The van der Waals surface area contributed by atoms with Gasteiger partial charge in [-0.1, -0.05) is 36.4 Å². The number of alkyl halides is 3. The minimum atomic E-state index is -4.55. The Morgan fingerprint density at radius 3 is 2.03 bits per heavy atom. The topological polar surface area (TPSA) is 72.9 Å². The molecule has 6 nitrogen and oxygen atoms in total. The first-order valence-electron chi connectivity index (χ1n) is 9.73. The van der Waals surface area contributed by atoms with Gasteiger partial charge in [0.15, 0.2) is 5.41 Å². The van der Waals surface area contributed by atoms with Crippen LogP contribution in [0.25, 0.3) is 0 Å². The zero-order valence-electron chi connectivity index (χ0n) is 17.1. The molecule has 0 saturated heterocycles. The van der Waals surface area contributed by atoms with Gasteiger partial charge in [0, 0.05) is 5.56 Å². The van der Waals surface area contributed by atoms with Gasteiger partial charge in [0.1, 0.15) is 11.5 Å². The molecule has 0 unspecified atom stereocenters. The highest BCUT2D eigenvalue weighted by Gasteiger charge is 2.56. The fourth-order valence-corrected chi connectivity index (χ4v) is 3.47. The second kappa shape index (κ2) is 8.09. The summed E-state index contributed by atoms with van der Waals surface area (Å²) in [5, 5.41) is 0. The monoisotopic (exact) mass is 455 g/mol. The summed E-state index contributed by atoms with van der Waals surface area (Å²) >= 11 is 0. The Balaban J connectivity index is 1.62. The number of carbonyl (C=O) groups is 3. The van der Waals surface area contributed by atoms with Gasteiger partial charge in [-0.25, -0.2) is 9.69 Å². The van der Waals surface area contributed by atoms with E-state index in [0.717, 1.165) is 24.3 Å². The van der Waals surface area contributed by atoms with Gasteiger partial charge in [0.05, 0.1) is 11.3 Å². The first kappa shape index (κ1) is 22.1. The molecule has 168 valence electrons. The number of imide groups is 1. The van der Waals surface area contributed by atoms with Crippen LogP contribution in [0.3, 0.4) is 0 Å².